The van der Waals surface area contributed by atoms with Crippen molar-refractivity contribution in [2.45, 2.75) is 72.9 Å². The Balaban J connectivity index is 2.70. The molecule has 0 aliphatic heterocycles. The third-order valence-electron chi connectivity index (χ3n) is 3.12. The summed E-state index contributed by atoms with van der Waals surface area (Å²) in [4.78, 5) is 6.27. The van der Waals surface area contributed by atoms with E-state index in [2.05, 4.69) is 39.9 Å². The number of aromatic nitrogens is 1. The van der Waals surface area contributed by atoms with Gasteiger partial charge in [-0.3, -0.25) is 0 Å². The number of thiazole rings is 1. The van der Waals surface area contributed by atoms with Crippen LogP contribution in [-0.4, -0.2) is 11.0 Å². The van der Waals surface area contributed by atoms with Crippen LogP contribution in [0.15, 0.2) is 0 Å². The molecule has 0 aliphatic rings. The molecule has 0 aliphatic carbocycles. The van der Waals surface area contributed by atoms with Crippen molar-refractivity contribution in [3.63, 3.8) is 0 Å². The van der Waals surface area contributed by atoms with Gasteiger partial charge in [0.1, 0.15) is 0 Å². The summed E-state index contributed by atoms with van der Waals surface area (Å²) in [6, 6.07) is 0.593. The zero-order valence-corrected chi connectivity index (χ0v) is 13.4. The van der Waals surface area contributed by atoms with E-state index in [4.69, 9.17) is 4.98 Å². The van der Waals surface area contributed by atoms with E-state index in [0.717, 1.165) is 19.4 Å². The highest BCUT2D eigenvalue weighted by atomic mass is 32.1. The van der Waals surface area contributed by atoms with E-state index in [9.17, 15) is 0 Å². The van der Waals surface area contributed by atoms with Gasteiger partial charge in [-0.15, -0.1) is 11.3 Å². The molecule has 0 amide bonds. The van der Waals surface area contributed by atoms with Crippen LogP contribution in [0.5, 0.6) is 0 Å². The molecule has 1 aromatic heterocycles. The Morgan fingerprint density at radius 1 is 1.22 bits per heavy atom. The highest BCUT2D eigenvalue weighted by Crippen LogP contribution is 2.22. The molecule has 18 heavy (non-hydrogen) atoms. The van der Waals surface area contributed by atoms with Gasteiger partial charge in [-0.2, -0.15) is 0 Å². The smallest absolute Gasteiger partial charge is 0.0934 e. The average Bonchev–Trinajstić information content (AvgIpc) is 2.67. The topological polar surface area (TPSA) is 24.9 Å². The summed E-state index contributed by atoms with van der Waals surface area (Å²) in [6.07, 6.45) is 4.60. The van der Waals surface area contributed by atoms with E-state index in [1.54, 1.807) is 0 Å². The number of nitrogens with zero attached hydrogens (tertiary/aromatic N) is 1. The minimum absolute atomic E-state index is 0.593. The van der Waals surface area contributed by atoms with Crippen LogP contribution in [0.25, 0.3) is 0 Å². The Labute approximate surface area is 116 Å². The summed E-state index contributed by atoms with van der Waals surface area (Å²) in [5, 5.41) is 4.90. The highest BCUT2D eigenvalue weighted by Gasteiger charge is 2.12. The van der Waals surface area contributed by atoms with Gasteiger partial charge < -0.3 is 5.32 Å². The Morgan fingerprint density at radius 3 is 2.50 bits per heavy atom. The lowest BCUT2D eigenvalue weighted by Gasteiger charge is -2.10. The zero-order chi connectivity index (χ0) is 13.5. The summed E-state index contributed by atoms with van der Waals surface area (Å²) in [6.45, 7) is 12.2. The summed E-state index contributed by atoms with van der Waals surface area (Å²) in [5.41, 5.74) is 1.33. The lowest BCUT2D eigenvalue weighted by molar-refractivity contribution is 0.535. The Morgan fingerprint density at radius 2 is 1.94 bits per heavy atom. The first kappa shape index (κ1) is 15.6. The first-order chi connectivity index (χ1) is 8.56. The molecule has 0 saturated heterocycles. The number of hydrogen-bond acceptors (Lipinski definition) is 3. The molecule has 2 nitrogen and oxygen atoms in total. The largest absolute Gasteiger partial charge is 0.309 e. The van der Waals surface area contributed by atoms with Gasteiger partial charge in [0.05, 0.1) is 10.7 Å². The maximum Gasteiger partial charge on any atom is 0.0934 e. The molecule has 104 valence electrons. The molecule has 1 atom stereocenters. The molecule has 0 spiro atoms. The van der Waals surface area contributed by atoms with Crippen LogP contribution in [0.3, 0.4) is 0 Å². The fourth-order valence-electron chi connectivity index (χ4n) is 1.85. The van der Waals surface area contributed by atoms with Gasteiger partial charge in [-0.1, -0.05) is 34.1 Å². The summed E-state index contributed by atoms with van der Waals surface area (Å²) >= 11 is 1.91. The normalized spacial score (nSPS) is 13.2. The second kappa shape index (κ2) is 7.90. The van der Waals surface area contributed by atoms with Gasteiger partial charge in [0, 0.05) is 23.9 Å². The Kier molecular flexibility index (Phi) is 6.87. The van der Waals surface area contributed by atoms with Crippen LogP contribution in [0, 0.1) is 5.92 Å². The van der Waals surface area contributed by atoms with Crippen LogP contribution >= 0.6 is 11.3 Å². The zero-order valence-electron chi connectivity index (χ0n) is 12.5. The van der Waals surface area contributed by atoms with E-state index < -0.39 is 0 Å². The molecule has 1 unspecified atom stereocenters. The molecule has 0 fully saturated rings. The van der Waals surface area contributed by atoms with Crippen molar-refractivity contribution in [2.75, 3.05) is 0 Å². The minimum Gasteiger partial charge on any atom is -0.309 e. The predicted octanol–water partition coefficient (Wildman–Crippen LogP) is 4.18. The SMILES string of the molecule is CCCc1nc(CC(C)C)sc1CNC(C)CC. The van der Waals surface area contributed by atoms with Crippen molar-refractivity contribution < 1.29 is 0 Å². The van der Waals surface area contributed by atoms with E-state index >= 15 is 0 Å². The minimum atomic E-state index is 0.593. The van der Waals surface area contributed by atoms with Crippen molar-refractivity contribution in [1.82, 2.24) is 10.3 Å². The second-order valence-electron chi connectivity index (χ2n) is 5.52. The third kappa shape index (κ3) is 5.07. The van der Waals surface area contributed by atoms with Gasteiger partial charge in [-0.05, 0) is 25.7 Å². The monoisotopic (exact) mass is 268 g/mol. The number of nitrogens with one attached hydrogen (secondary N) is 1. The average molecular weight is 268 g/mol. The van der Waals surface area contributed by atoms with Crippen LogP contribution < -0.4 is 5.32 Å². The van der Waals surface area contributed by atoms with E-state index in [0.29, 0.717) is 12.0 Å². The van der Waals surface area contributed by atoms with Crippen LogP contribution in [0.4, 0.5) is 0 Å². The van der Waals surface area contributed by atoms with Gasteiger partial charge >= 0.3 is 0 Å². The van der Waals surface area contributed by atoms with Crippen molar-refractivity contribution in [2.24, 2.45) is 5.92 Å². The maximum atomic E-state index is 4.82. The summed E-state index contributed by atoms with van der Waals surface area (Å²) in [7, 11) is 0. The summed E-state index contributed by atoms with van der Waals surface area (Å²) in [5.74, 6) is 0.695. The maximum absolute atomic E-state index is 4.82. The first-order valence-corrected chi connectivity index (χ1v) is 8.09. The molecule has 0 bridgehead atoms. The first-order valence-electron chi connectivity index (χ1n) is 7.27. The van der Waals surface area contributed by atoms with Gasteiger partial charge in [-0.25, -0.2) is 4.98 Å². The molecular formula is C15H28N2S. The highest BCUT2D eigenvalue weighted by molar-refractivity contribution is 7.11. The molecule has 0 saturated carbocycles. The molecule has 1 rings (SSSR count). The van der Waals surface area contributed by atoms with E-state index in [-0.39, 0.29) is 0 Å². The second-order valence-corrected chi connectivity index (χ2v) is 6.68. The fourth-order valence-corrected chi connectivity index (χ4v) is 3.13. The molecule has 0 aromatic carbocycles. The molecule has 1 aromatic rings. The van der Waals surface area contributed by atoms with Crippen LogP contribution in [0.2, 0.25) is 0 Å². The summed E-state index contributed by atoms with van der Waals surface area (Å²) < 4.78 is 0. The van der Waals surface area contributed by atoms with Crippen LogP contribution in [-0.2, 0) is 19.4 Å². The molecule has 0 radical (unpaired) electrons. The van der Waals surface area contributed by atoms with Crippen molar-refractivity contribution in [1.29, 1.82) is 0 Å². The third-order valence-corrected chi connectivity index (χ3v) is 4.24. The van der Waals surface area contributed by atoms with Gasteiger partial charge in [0.15, 0.2) is 0 Å². The Hall–Kier alpha value is -0.410. The molecule has 1 heterocycles. The molecule has 3 heteroatoms. The fraction of sp³-hybridized carbons (Fsp3) is 0.800. The lowest BCUT2D eigenvalue weighted by Crippen LogP contribution is -2.24. The molecular weight excluding hydrogens is 240 g/mol. The van der Waals surface area contributed by atoms with Crippen molar-refractivity contribution in [3.05, 3.63) is 15.6 Å². The Bertz CT molecular complexity index is 344. The van der Waals surface area contributed by atoms with Crippen molar-refractivity contribution >= 4 is 11.3 Å². The van der Waals surface area contributed by atoms with Gasteiger partial charge in [0.25, 0.3) is 0 Å². The number of hydrogen-bond donors (Lipinski definition) is 1. The quantitative estimate of drug-likeness (QED) is 0.765. The predicted molar refractivity (Wildman–Crippen MR) is 81.2 cm³/mol. The van der Waals surface area contributed by atoms with Crippen LogP contribution in [0.1, 0.15) is 63.0 Å². The molecule has 1 N–H and O–H groups in total. The van der Waals surface area contributed by atoms with E-state index in [1.807, 2.05) is 11.3 Å². The lowest BCUT2D eigenvalue weighted by atomic mass is 10.1. The standard InChI is InChI=1S/C15H28N2S/c1-6-8-13-14(10-16-12(5)7-2)18-15(17-13)9-11(3)4/h11-12,16H,6-10H2,1-5H3. The number of rotatable bonds is 8. The van der Waals surface area contributed by atoms with E-state index in [1.165, 1.54) is 28.4 Å². The van der Waals surface area contributed by atoms with Crippen molar-refractivity contribution in [3.8, 4) is 0 Å². The number of aryl methyl sites for hydroxylation is 1. The van der Waals surface area contributed by atoms with Gasteiger partial charge in [0.2, 0.25) is 0 Å².